The van der Waals surface area contributed by atoms with E-state index in [0.29, 0.717) is 12.8 Å². The SMILES string of the molecule is CC1(C[C@@H](O)C(=O)O)CC=C(O)C(O[C@@H]2O[C@H](CO)C[C@H](O)[C@H]2O)=CC1. The second kappa shape index (κ2) is 8.36. The summed E-state index contributed by atoms with van der Waals surface area (Å²) in [6.07, 6.45) is -2.35. The third-order valence-electron chi connectivity index (χ3n) is 4.74. The lowest BCUT2D eigenvalue weighted by Gasteiger charge is -2.36. The van der Waals surface area contributed by atoms with Crippen molar-refractivity contribution in [2.24, 2.45) is 5.41 Å². The molecule has 9 heteroatoms. The van der Waals surface area contributed by atoms with Gasteiger partial charge < -0.3 is 40.1 Å². The van der Waals surface area contributed by atoms with Crippen molar-refractivity contribution in [2.45, 2.75) is 63.3 Å². The molecule has 0 amide bonds. The van der Waals surface area contributed by atoms with Crippen molar-refractivity contribution in [3.63, 3.8) is 0 Å². The number of ether oxygens (including phenoxy) is 2. The summed E-state index contributed by atoms with van der Waals surface area (Å²) >= 11 is 0. The number of rotatable bonds is 6. The van der Waals surface area contributed by atoms with Crippen LogP contribution in [0, 0.1) is 5.41 Å². The Morgan fingerprint density at radius 3 is 2.65 bits per heavy atom. The lowest BCUT2D eigenvalue weighted by Crippen LogP contribution is -2.50. The molecular formula is C17H26O9. The van der Waals surface area contributed by atoms with E-state index in [2.05, 4.69) is 0 Å². The number of carbonyl (C=O) groups is 1. The third-order valence-corrected chi connectivity index (χ3v) is 4.74. The average Bonchev–Trinajstić information content (AvgIpc) is 2.72. The van der Waals surface area contributed by atoms with Gasteiger partial charge in [0.05, 0.1) is 18.8 Å². The average molecular weight is 374 g/mol. The van der Waals surface area contributed by atoms with Crippen LogP contribution in [-0.4, -0.2) is 73.9 Å². The quantitative estimate of drug-likeness (QED) is 0.370. The molecule has 0 radical (unpaired) electrons. The summed E-state index contributed by atoms with van der Waals surface area (Å²) in [7, 11) is 0. The number of carboxylic acids is 1. The standard InChI is InChI=1S/C17H26O9/c1-17(7-12(21)15(23)24)4-2-10(19)13(3-5-17)26-16-14(22)11(20)6-9(8-18)25-16/h2-3,9,11-12,14,16,18-22H,4-8H2,1H3,(H,23,24)/t9-,11-,12+,14+,16-,17?/m0/s1. The number of carboxylic acid groups (broad SMARTS) is 1. The first kappa shape index (κ1) is 20.7. The Morgan fingerprint density at radius 1 is 1.38 bits per heavy atom. The van der Waals surface area contributed by atoms with E-state index in [1.165, 1.54) is 12.2 Å². The zero-order valence-corrected chi connectivity index (χ0v) is 14.5. The monoisotopic (exact) mass is 374 g/mol. The molecule has 0 bridgehead atoms. The molecule has 1 heterocycles. The molecule has 6 atom stereocenters. The molecule has 0 aromatic carbocycles. The van der Waals surface area contributed by atoms with Gasteiger partial charge in [-0.3, -0.25) is 0 Å². The first-order chi connectivity index (χ1) is 12.1. The van der Waals surface area contributed by atoms with Gasteiger partial charge in [0.1, 0.15) is 6.10 Å². The molecule has 0 saturated carbocycles. The predicted molar refractivity (Wildman–Crippen MR) is 87.9 cm³/mol. The number of aliphatic hydroxyl groups excluding tert-OH is 5. The zero-order chi connectivity index (χ0) is 19.5. The second-order valence-corrected chi connectivity index (χ2v) is 7.16. The smallest absolute Gasteiger partial charge is 0.332 e. The van der Waals surface area contributed by atoms with E-state index in [-0.39, 0.29) is 31.0 Å². The third kappa shape index (κ3) is 4.95. The zero-order valence-electron chi connectivity index (χ0n) is 14.5. The Bertz CT molecular complexity index is 573. The topological polar surface area (TPSA) is 157 Å². The Kier molecular flexibility index (Phi) is 6.64. The molecule has 1 saturated heterocycles. The lowest BCUT2D eigenvalue weighted by atomic mass is 9.79. The van der Waals surface area contributed by atoms with Crippen LogP contribution in [0.5, 0.6) is 0 Å². The summed E-state index contributed by atoms with van der Waals surface area (Å²) in [5.41, 5.74) is -0.615. The first-order valence-corrected chi connectivity index (χ1v) is 8.45. The van der Waals surface area contributed by atoms with Crippen LogP contribution >= 0.6 is 0 Å². The van der Waals surface area contributed by atoms with E-state index < -0.39 is 42.1 Å². The molecule has 2 aliphatic rings. The highest BCUT2D eigenvalue weighted by atomic mass is 16.7. The van der Waals surface area contributed by atoms with Crippen molar-refractivity contribution in [1.82, 2.24) is 0 Å². The maximum absolute atomic E-state index is 10.9. The van der Waals surface area contributed by atoms with Gasteiger partial charge in [-0.15, -0.1) is 0 Å². The fourth-order valence-corrected chi connectivity index (χ4v) is 3.06. The largest absolute Gasteiger partial charge is 0.504 e. The second-order valence-electron chi connectivity index (χ2n) is 7.16. The molecule has 0 aromatic heterocycles. The fraction of sp³-hybridized carbons (Fsp3) is 0.706. The molecule has 9 nitrogen and oxygen atoms in total. The van der Waals surface area contributed by atoms with E-state index in [1.807, 2.05) is 0 Å². The molecule has 1 aliphatic heterocycles. The van der Waals surface area contributed by atoms with Crippen LogP contribution in [0.15, 0.2) is 23.7 Å². The number of allylic oxidation sites excluding steroid dienone is 2. The van der Waals surface area contributed by atoms with E-state index in [0.717, 1.165) is 0 Å². The highest BCUT2D eigenvalue weighted by Crippen LogP contribution is 2.37. The molecule has 1 unspecified atom stereocenters. The van der Waals surface area contributed by atoms with Gasteiger partial charge in [0.2, 0.25) is 6.29 Å². The molecule has 2 rings (SSSR count). The van der Waals surface area contributed by atoms with E-state index in [4.69, 9.17) is 14.6 Å². The van der Waals surface area contributed by atoms with Gasteiger partial charge in [-0.2, -0.15) is 0 Å². The minimum absolute atomic E-state index is 0.0102. The molecule has 26 heavy (non-hydrogen) atoms. The summed E-state index contributed by atoms with van der Waals surface area (Å²) in [6.45, 7) is 1.43. The van der Waals surface area contributed by atoms with E-state index in [9.17, 15) is 30.3 Å². The van der Waals surface area contributed by atoms with Gasteiger partial charge in [0, 0.05) is 6.42 Å². The number of aliphatic hydroxyl groups is 5. The molecule has 1 fully saturated rings. The van der Waals surface area contributed by atoms with Crippen LogP contribution in [0.25, 0.3) is 0 Å². The summed E-state index contributed by atoms with van der Waals surface area (Å²) in [4.78, 5) is 10.9. The van der Waals surface area contributed by atoms with Gasteiger partial charge in [0.15, 0.2) is 17.6 Å². The van der Waals surface area contributed by atoms with Crippen LogP contribution < -0.4 is 0 Å². The molecule has 0 spiro atoms. The van der Waals surface area contributed by atoms with Crippen molar-refractivity contribution >= 4 is 5.97 Å². The van der Waals surface area contributed by atoms with Crippen molar-refractivity contribution in [2.75, 3.05) is 6.61 Å². The van der Waals surface area contributed by atoms with Crippen molar-refractivity contribution in [3.05, 3.63) is 23.7 Å². The van der Waals surface area contributed by atoms with Gasteiger partial charge in [0.25, 0.3) is 0 Å². The molecular weight excluding hydrogens is 348 g/mol. The van der Waals surface area contributed by atoms with Gasteiger partial charge in [-0.05, 0) is 36.8 Å². The molecule has 0 aromatic rings. The van der Waals surface area contributed by atoms with Gasteiger partial charge in [-0.25, -0.2) is 4.79 Å². The van der Waals surface area contributed by atoms with E-state index >= 15 is 0 Å². The van der Waals surface area contributed by atoms with Crippen molar-refractivity contribution < 1.29 is 44.9 Å². The maximum Gasteiger partial charge on any atom is 0.332 e. The van der Waals surface area contributed by atoms with Crippen LogP contribution in [0.2, 0.25) is 0 Å². The molecule has 1 aliphatic carbocycles. The number of hydrogen-bond acceptors (Lipinski definition) is 8. The van der Waals surface area contributed by atoms with Crippen molar-refractivity contribution in [3.8, 4) is 0 Å². The van der Waals surface area contributed by atoms with Crippen molar-refractivity contribution in [1.29, 1.82) is 0 Å². The lowest BCUT2D eigenvalue weighted by molar-refractivity contribution is -0.258. The Hall–Kier alpha value is -1.65. The minimum Gasteiger partial charge on any atom is -0.504 e. The summed E-state index contributed by atoms with van der Waals surface area (Å²) in [6, 6.07) is 0. The number of hydrogen-bond donors (Lipinski definition) is 6. The van der Waals surface area contributed by atoms with Crippen LogP contribution in [0.4, 0.5) is 0 Å². The predicted octanol–water partition coefficient (Wildman–Crippen LogP) is -0.206. The minimum atomic E-state index is -1.52. The van der Waals surface area contributed by atoms with Crippen LogP contribution in [0.1, 0.15) is 32.6 Å². The highest BCUT2D eigenvalue weighted by Gasteiger charge is 2.39. The highest BCUT2D eigenvalue weighted by molar-refractivity contribution is 5.71. The Morgan fingerprint density at radius 2 is 2.04 bits per heavy atom. The van der Waals surface area contributed by atoms with E-state index in [1.54, 1.807) is 6.92 Å². The summed E-state index contributed by atoms with van der Waals surface area (Å²) in [5, 5.41) is 57.7. The molecule has 6 N–H and O–H groups in total. The van der Waals surface area contributed by atoms with Gasteiger partial charge in [-0.1, -0.05) is 6.92 Å². The number of aliphatic carboxylic acids is 1. The Labute approximate surface area is 150 Å². The first-order valence-electron chi connectivity index (χ1n) is 8.45. The fourth-order valence-electron chi connectivity index (χ4n) is 3.06. The Balaban J connectivity index is 2.10. The molecule has 148 valence electrons. The summed E-state index contributed by atoms with van der Waals surface area (Å²) in [5.74, 6) is -1.50. The van der Waals surface area contributed by atoms with Crippen LogP contribution in [0.3, 0.4) is 0 Å². The maximum atomic E-state index is 10.9. The van der Waals surface area contributed by atoms with Gasteiger partial charge >= 0.3 is 5.97 Å². The van der Waals surface area contributed by atoms with Crippen LogP contribution in [-0.2, 0) is 14.3 Å². The normalized spacial score (nSPS) is 36.5. The summed E-state index contributed by atoms with van der Waals surface area (Å²) < 4.78 is 10.9.